The Bertz CT molecular complexity index is 240. The lowest BCUT2D eigenvalue weighted by Gasteiger charge is -2.29. The van der Waals surface area contributed by atoms with Crippen molar-refractivity contribution in [3.8, 4) is 0 Å². The van der Waals surface area contributed by atoms with Gasteiger partial charge in [-0.25, -0.2) is 0 Å². The molecule has 94 valence electrons. The second kappa shape index (κ2) is 5.55. The van der Waals surface area contributed by atoms with Gasteiger partial charge in [-0.05, 0) is 18.8 Å². The summed E-state index contributed by atoms with van der Waals surface area (Å²) < 4.78 is 35.7. The second-order valence-electron chi connectivity index (χ2n) is 4.55. The Balaban J connectivity index is 2.28. The van der Waals surface area contributed by atoms with Crippen LogP contribution < -0.4 is 5.32 Å². The average Bonchev–Trinajstić information content (AvgIpc) is 2.18. The maximum absolute atomic E-state index is 11.9. The summed E-state index contributed by atoms with van der Waals surface area (Å²) in [6, 6.07) is 0.0643. The standard InChI is InChI=1S/C11H18F3NO/c1-8-4-2-3-5-9(8)15-10(16)6-7-11(12,13)14/h8-9H,2-7H2,1H3,(H,15,16)/t8?,9-/m1/s1. The van der Waals surface area contributed by atoms with E-state index in [2.05, 4.69) is 5.32 Å². The zero-order valence-corrected chi connectivity index (χ0v) is 9.44. The van der Waals surface area contributed by atoms with Crippen LogP contribution in [0, 0.1) is 5.92 Å². The van der Waals surface area contributed by atoms with E-state index in [1.54, 1.807) is 0 Å². The van der Waals surface area contributed by atoms with Crippen molar-refractivity contribution in [1.29, 1.82) is 0 Å². The molecule has 0 spiro atoms. The van der Waals surface area contributed by atoms with E-state index in [0.717, 1.165) is 25.7 Å². The number of rotatable bonds is 3. The summed E-state index contributed by atoms with van der Waals surface area (Å²) in [5.41, 5.74) is 0. The largest absolute Gasteiger partial charge is 0.389 e. The number of carbonyl (C=O) groups excluding carboxylic acids is 1. The molecule has 1 fully saturated rings. The van der Waals surface area contributed by atoms with Crippen molar-refractivity contribution in [2.75, 3.05) is 0 Å². The third-order valence-corrected chi connectivity index (χ3v) is 3.09. The van der Waals surface area contributed by atoms with Gasteiger partial charge in [0, 0.05) is 12.5 Å². The smallest absolute Gasteiger partial charge is 0.353 e. The highest BCUT2D eigenvalue weighted by Gasteiger charge is 2.29. The molecule has 2 atom stereocenters. The number of carbonyl (C=O) groups is 1. The molecule has 0 radical (unpaired) electrons. The molecule has 1 saturated carbocycles. The molecule has 1 N–H and O–H groups in total. The molecule has 16 heavy (non-hydrogen) atoms. The summed E-state index contributed by atoms with van der Waals surface area (Å²) in [7, 11) is 0. The quantitative estimate of drug-likeness (QED) is 0.803. The van der Waals surface area contributed by atoms with Crippen LogP contribution in [-0.4, -0.2) is 18.1 Å². The van der Waals surface area contributed by atoms with Crippen molar-refractivity contribution in [1.82, 2.24) is 5.32 Å². The molecule has 2 nitrogen and oxygen atoms in total. The number of hydrogen-bond donors (Lipinski definition) is 1. The van der Waals surface area contributed by atoms with Gasteiger partial charge in [-0.1, -0.05) is 19.8 Å². The minimum atomic E-state index is -4.24. The minimum Gasteiger partial charge on any atom is -0.353 e. The normalized spacial score (nSPS) is 26.5. The molecule has 0 aromatic rings. The zero-order valence-electron chi connectivity index (χ0n) is 9.44. The zero-order chi connectivity index (χ0) is 12.2. The Labute approximate surface area is 93.6 Å². The van der Waals surface area contributed by atoms with E-state index < -0.39 is 24.9 Å². The Morgan fingerprint density at radius 2 is 1.94 bits per heavy atom. The van der Waals surface area contributed by atoms with Crippen LogP contribution in [0.25, 0.3) is 0 Å². The minimum absolute atomic E-state index is 0.0643. The Kier molecular flexibility index (Phi) is 4.62. The van der Waals surface area contributed by atoms with Gasteiger partial charge in [0.1, 0.15) is 0 Å². The van der Waals surface area contributed by atoms with Crippen molar-refractivity contribution in [2.45, 2.75) is 57.7 Å². The van der Waals surface area contributed by atoms with E-state index in [1.807, 2.05) is 6.92 Å². The molecule has 5 heteroatoms. The van der Waals surface area contributed by atoms with Gasteiger partial charge in [0.05, 0.1) is 6.42 Å². The summed E-state index contributed by atoms with van der Waals surface area (Å²) in [6.45, 7) is 2.04. The van der Waals surface area contributed by atoms with Crippen molar-refractivity contribution >= 4 is 5.91 Å². The van der Waals surface area contributed by atoms with E-state index in [-0.39, 0.29) is 6.04 Å². The molecule has 1 aliphatic carbocycles. The van der Waals surface area contributed by atoms with Gasteiger partial charge in [0.15, 0.2) is 0 Å². The summed E-state index contributed by atoms with van der Waals surface area (Å²) in [5, 5.41) is 2.70. The molecular weight excluding hydrogens is 219 g/mol. The maximum atomic E-state index is 11.9. The number of alkyl halides is 3. The number of nitrogens with one attached hydrogen (secondary N) is 1. The molecule has 0 aromatic heterocycles. The monoisotopic (exact) mass is 237 g/mol. The van der Waals surface area contributed by atoms with E-state index in [1.165, 1.54) is 0 Å². The second-order valence-corrected chi connectivity index (χ2v) is 4.55. The summed E-state index contributed by atoms with van der Waals surface area (Å²) in [4.78, 5) is 11.3. The van der Waals surface area contributed by atoms with E-state index in [4.69, 9.17) is 0 Å². The topological polar surface area (TPSA) is 29.1 Å². The Morgan fingerprint density at radius 1 is 1.31 bits per heavy atom. The van der Waals surface area contributed by atoms with Gasteiger partial charge in [0.25, 0.3) is 0 Å². The van der Waals surface area contributed by atoms with E-state index >= 15 is 0 Å². The molecule has 0 aromatic carbocycles. The summed E-state index contributed by atoms with van der Waals surface area (Å²) in [6.07, 6.45) is -1.59. The van der Waals surface area contributed by atoms with Crippen LogP contribution in [0.2, 0.25) is 0 Å². The van der Waals surface area contributed by atoms with Gasteiger partial charge in [-0.2, -0.15) is 13.2 Å². The highest BCUT2D eigenvalue weighted by Crippen LogP contribution is 2.25. The van der Waals surface area contributed by atoms with Crippen molar-refractivity contribution < 1.29 is 18.0 Å². The SMILES string of the molecule is CC1CCCC[C@H]1NC(=O)CCC(F)(F)F. The molecule has 0 heterocycles. The van der Waals surface area contributed by atoms with Gasteiger partial charge < -0.3 is 5.32 Å². The first-order valence-corrected chi connectivity index (χ1v) is 5.74. The Morgan fingerprint density at radius 3 is 2.50 bits per heavy atom. The third-order valence-electron chi connectivity index (χ3n) is 3.09. The van der Waals surface area contributed by atoms with Gasteiger partial charge >= 0.3 is 6.18 Å². The van der Waals surface area contributed by atoms with Crippen LogP contribution in [0.4, 0.5) is 13.2 Å². The third kappa shape index (κ3) is 4.86. The van der Waals surface area contributed by atoms with Crippen molar-refractivity contribution in [2.24, 2.45) is 5.92 Å². The highest BCUT2D eigenvalue weighted by atomic mass is 19.4. The van der Waals surface area contributed by atoms with Gasteiger partial charge in [-0.15, -0.1) is 0 Å². The molecule has 1 unspecified atom stereocenters. The van der Waals surface area contributed by atoms with Crippen LogP contribution in [0.3, 0.4) is 0 Å². The first kappa shape index (κ1) is 13.3. The van der Waals surface area contributed by atoms with Crippen LogP contribution in [-0.2, 0) is 4.79 Å². The lowest BCUT2D eigenvalue weighted by molar-refractivity contribution is -0.144. The van der Waals surface area contributed by atoms with Crippen LogP contribution >= 0.6 is 0 Å². The summed E-state index contributed by atoms with van der Waals surface area (Å²) in [5.74, 6) is -0.0975. The highest BCUT2D eigenvalue weighted by molar-refractivity contribution is 5.76. The molecule has 0 saturated heterocycles. The van der Waals surface area contributed by atoms with Crippen molar-refractivity contribution in [3.05, 3.63) is 0 Å². The van der Waals surface area contributed by atoms with Crippen molar-refractivity contribution in [3.63, 3.8) is 0 Å². The average molecular weight is 237 g/mol. The molecule has 1 rings (SSSR count). The fourth-order valence-corrected chi connectivity index (χ4v) is 2.06. The van der Waals surface area contributed by atoms with Gasteiger partial charge in [-0.3, -0.25) is 4.79 Å². The fourth-order valence-electron chi connectivity index (χ4n) is 2.06. The predicted octanol–water partition coefficient (Wildman–Crippen LogP) is 3.02. The number of hydrogen-bond acceptors (Lipinski definition) is 1. The predicted molar refractivity (Wildman–Crippen MR) is 54.9 cm³/mol. The van der Waals surface area contributed by atoms with E-state index in [0.29, 0.717) is 5.92 Å². The first-order valence-electron chi connectivity index (χ1n) is 5.74. The Hall–Kier alpha value is -0.740. The molecule has 1 aliphatic rings. The first-order chi connectivity index (χ1) is 7.38. The lowest BCUT2D eigenvalue weighted by atomic mass is 9.86. The fraction of sp³-hybridized carbons (Fsp3) is 0.909. The maximum Gasteiger partial charge on any atom is 0.389 e. The number of amides is 1. The van der Waals surface area contributed by atoms with Crippen LogP contribution in [0.15, 0.2) is 0 Å². The summed E-state index contributed by atoms with van der Waals surface area (Å²) >= 11 is 0. The molecular formula is C11H18F3NO. The number of halogens is 3. The molecule has 0 aliphatic heterocycles. The lowest BCUT2D eigenvalue weighted by Crippen LogP contribution is -2.41. The van der Waals surface area contributed by atoms with Crippen LogP contribution in [0.1, 0.15) is 45.4 Å². The molecule has 1 amide bonds. The van der Waals surface area contributed by atoms with E-state index in [9.17, 15) is 18.0 Å². The van der Waals surface area contributed by atoms with Gasteiger partial charge in [0.2, 0.25) is 5.91 Å². The van der Waals surface area contributed by atoms with Crippen LogP contribution in [0.5, 0.6) is 0 Å². The molecule has 0 bridgehead atoms.